The number of esters is 1. The maximum Gasteiger partial charge on any atom is 0.339 e. The van der Waals surface area contributed by atoms with E-state index in [1.54, 1.807) is 12.3 Å². The Kier molecular flexibility index (Phi) is 3.17. The van der Waals surface area contributed by atoms with Crippen LogP contribution in [0.5, 0.6) is 0 Å². The van der Waals surface area contributed by atoms with E-state index < -0.39 is 5.97 Å². The lowest BCUT2D eigenvalue weighted by Crippen LogP contribution is -2.21. The molecule has 0 bridgehead atoms. The highest BCUT2D eigenvalue weighted by Gasteiger charge is 2.35. The quantitative estimate of drug-likeness (QED) is 0.799. The second kappa shape index (κ2) is 4.74. The van der Waals surface area contributed by atoms with Crippen molar-refractivity contribution in [2.45, 2.75) is 38.0 Å². The van der Waals surface area contributed by atoms with E-state index in [2.05, 4.69) is 17.1 Å². The molecule has 0 unspecified atom stereocenters. The van der Waals surface area contributed by atoms with Crippen molar-refractivity contribution < 1.29 is 9.53 Å². The third kappa shape index (κ3) is 1.97. The van der Waals surface area contributed by atoms with Crippen LogP contribution in [0.2, 0.25) is 5.02 Å². The van der Waals surface area contributed by atoms with Gasteiger partial charge in [-0.1, -0.05) is 31.4 Å². The first kappa shape index (κ1) is 13.4. The number of hydrogen-bond donors (Lipinski definition) is 0. The summed E-state index contributed by atoms with van der Waals surface area (Å²) in [5, 5.41) is 8.89. The van der Waals surface area contributed by atoms with Gasteiger partial charge in [0.15, 0.2) is 5.65 Å². The summed E-state index contributed by atoms with van der Waals surface area (Å²) in [6.45, 7) is 2.19. The lowest BCUT2D eigenvalue weighted by Gasteiger charge is -2.21. The highest BCUT2D eigenvalue weighted by molar-refractivity contribution is 6.33. The second-order valence-corrected chi connectivity index (χ2v) is 5.96. The molecule has 1 aliphatic rings. The van der Waals surface area contributed by atoms with Gasteiger partial charge in [-0.3, -0.25) is 4.40 Å². The van der Waals surface area contributed by atoms with Crippen molar-refractivity contribution in [1.82, 2.24) is 14.6 Å². The number of fused-ring (bicyclic) bond motifs is 1. The van der Waals surface area contributed by atoms with Crippen LogP contribution in [0, 0.1) is 0 Å². The number of ether oxygens (including phenoxy) is 1. The minimum Gasteiger partial charge on any atom is -0.465 e. The standard InChI is InChI=1S/C14H16ClN3O2/c1-14(5-3-4-6-14)13-17-16-11-10(15)7-9(8-18(11)13)12(19)20-2/h7-8H,3-6H2,1-2H3. The van der Waals surface area contributed by atoms with Crippen molar-refractivity contribution in [2.24, 2.45) is 0 Å². The average Bonchev–Trinajstić information content (AvgIpc) is 3.05. The predicted molar refractivity (Wildman–Crippen MR) is 75.2 cm³/mol. The van der Waals surface area contributed by atoms with Gasteiger partial charge in [0.1, 0.15) is 5.82 Å². The Morgan fingerprint density at radius 3 is 2.75 bits per heavy atom. The summed E-state index contributed by atoms with van der Waals surface area (Å²) < 4.78 is 6.59. The Bertz CT molecular complexity index is 674. The Morgan fingerprint density at radius 2 is 2.10 bits per heavy atom. The minimum absolute atomic E-state index is 0.00249. The number of carbonyl (C=O) groups excluding carboxylic acids is 1. The molecule has 0 radical (unpaired) electrons. The maximum atomic E-state index is 11.7. The Morgan fingerprint density at radius 1 is 1.40 bits per heavy atom. The van der Waals surface area contributed by atoms with Crippen LogP contribution in [0.4, 0.5) is 0 Å². The van der Waals surface area contributed by atoms with E-state index in [4.69, 9.17) is 16.3 Å². The van der Waals surface area contributed by atoms with Crippen LogP contribution in [0.25, 0.3) is 5.65 Å². The van der Waals surface area contributed by atoms with Crippen molar-refractivity contribution >= 4 is 23.2 Å². The molecule has 1 aliphatic carbocycles. The normalized spacial score (nSPS) is 17.6. The number of halogens is 1. The highest BCUT2D eigenvalue weighted by Crippen LogP contribution is 2.40. The molecule has 20 heavy (non-hydrogen) atoms. The molecule has 0 spiro atoms. The number of pyridine rings is 1. The fraction of sp³-hybridized carbons (Fsp3) is 0.500. The molecule has 0 amide bonds. The molecule has 106 valence electrons. The van der Waals surface area contributed by atoms with Crippen molar-refractivity contribution in [1.29, 1.82) is 0 Å². The lowest BCUT2D eigenvalue weighted by atomic mass is 9.88. The summed E-state index contributed by atoms with van der Waals surface area (Å²) in [6.07, 6.45) is 6.25. The fourth-order valence-corrected chi connectivity index (χ4v) is 3.22. The molecule has 2 aromatic rings. The largest absolute Gasteiger partial charge is 0.465 e. The molecular formula is C14H16ClN3O2. The van der Waals surface area contributed by atoms with Crippen LogP contribution < -0.4 is 0 Å². The molecule has 1 saturated carbocycles. The predicted octanol–water partition coefficient (Wildman–Crippen LogP) is 3.00. The van der Waals surface area contributed by atoms with E-state index in [-0.39, 0.29) is 5.41 Å². The van der Waals surface area contributed by atoms with E-state index in [0.29, 0.717) is 16.2 Å². The van der Waals surface area contributed by atoms with Crippen LogP contribution >= 0.6 is 11.6 Å². The van der Waals surface area contributed by atoms with Gasteiger partial charge < -0.3 is 4.74 Å². The SMILES string of the molecule is COC(=O)c1cc(Cl)c2nnc(C3(C)CCCC3)n2c1. The van der Waals surface area contributed by atoms with Crippen LogP contribution in [-0.4, -0.2) is 27.7 Å². The van der Waals surface area contributed by atoms with Crippen molar-refractivity contribution in [3.63, 3.8) is 0 Å². The molecule has 0 N–H and O–H groups in total. The van der Waals surface area contributed by atoms with Crippen LogP contribution in [0.15, 0.2) is 12.3 Å². The van der Waals surface area contributed by atoms with Gasteiger partial charge >= 0.3 is 5.97 Å². The third-order valence-corrected chi connectivity index (χ3v) is 4.41. The summed E-state index contributed by atoms with van der Waals surface area (Å²) >= 11 is 6.20. The first-order valence-corrected chi connectivity index (χ1v) is 7.06. The third-order valence-electron chi connectivity index (χ3n) is 4.13. The van der Waals surface area contributed by atoms with E-state index in [0.717, 1.165) is 18.7 Å². The van der Waals surface area contributed by atoms with Gasteiger partial charge in [-0.2, -0.15) is 0 Å². The maximum absolute atomic E-state index is 11.7. The highest BCUT2D eigenvalue weighted by atomic mass is 35.5. The van der Waals surface area contributed by atoms with Crippen LogP contribution in [-0.2, 0) is 10.2 Å². The van der Waals surface area contributed by atoms with Gasteiger partial charge in [0.2, 0.25) is 0 Å². The molecule has 0 aromatic carbocycles. The molecule has 2 aromatic heterocycles. The van der Waals surface area contributed by atoms with E-state index in [1.165, 1.54) is 20.0 Å². The van der Waals surface area contributed by atoms with Gasteiger partial charge in [0.05, 0.1) is 17.7 Å². The zero-order valence-corrected chi connectivity index (χ0v) is 12.3. The van der Waals surface area contributed by atoms with Gasteiger partial charge in [0.25, 0.3) is 0 Å². The van der Waals surface area contributed by atoms with Crippen molar-refractivity contribution in [3.8, 4) is 0 Å². The van der Waals surface area contributed by atoms with E-state index >= 15 is 0 Å². The number of hydrogen-bond acceptors (Lipinski definition) is 4. The molecule has 6 heteroatoms. The Labute approximate surface area is 121 Å². The van der Waals surface area contributed by atoms with Gasteiger partial charge in [0, 0.05) is 11.6 Å². The van der Waals surface area contributed by atoms with E-state index in [1.807, 2.05) is 4.40 Å². The van der Waals surface area contributed by atoms with Gasteiger partial charge in [-0.15, -0.1) is 10.2 Å². The number of nitrogens with zero attached hydrogens (tertiary/aromatic N) is 3. The number of methoxy groups -OCH3 is 1. The molecule has 1 fully saturated rings. The molecular weight excluding hydrogens is 278 g/mol. The zero-order valence-electron chi connectivity index (χ0n) is 11.5. The molecule has 5 nitrogen and oxygen atoms in total. The topological polar surface area (TPSA) is 56.5 Å². The smallest absolute Gasteiger partial charge is 0.339 e. The first-order chi connectivity index (χ1) is 9.55. The average molecular weight is 294 g/mol. The van der Waals surface area contributed by atoms with Crippen molar-refractivity contribution in [2.75, 3.05) is 7.11 Å². The lowest BCUT2D eigenvalue weighted by molar-refractivity contribution is 0.0600. The number of rotatable bonds is 2. The summed E-state index contributed by atoms with van der Waals surface area (Å²) in [6, 6.07) is 1.57. The van der Waals surface area contributed by atoms with Gasteiger partial charge in [-0.05, 0) is 18.9 Å². The monoisotopic (exact) mass is 293 g/mol. The van der Waals surface area contributed by atoms with Crippen LogP contribution in [0.3, 0.4) is 0 Å². The summed E-state index contributed by atoms with van der Waals surface area (Å²) in [4.78, 5) is 11.7. The number of carbonyl (C=O) groups is 1. The molecule has 0 atom stereocenters. The first-order valence-electron chi connectivity index (χ1n) is 6.68. The van der Waals surface area contributed by atoms with Crippen LogP contribution in [0.1, 0.15) is 48.8 Å². The molecule has 0 saturated heterocycles. The summed E-state index contributed by atoms with van der Waals surface area (Å²) in [5.41, 5.74) is 0.993. The second-order valence-electron chi connectivity index (χ2n) is 5.55. The molecule has 0 aliphatic heterocycles. The fourth-order valence-electron chi connectivity index (χ4n) is 2.97. The number of aromatic nitrogens is 3. The summed E-state index contributed by atoms with van der Waals surface area (Å²) in [5.74, 6) is 0.461. The molecule has 3 rings (SSSR count). The van der Waals surface area contributed by atoms with Gasteiger partial charge in [-0.25, -0.2) is 4.79 Å². The van der Waals surface area contributed by atoms with E-state index in [9.17, 15) is 4.79 Å². The Balaban J connectivity index is 2.19. The minimum atomic E-state index is -0.412. The Hall–Kier alpha value is -1.62. The van der Waals surface area contributed by atoms with Crippen molar-refractivity contribution in [3.05, 3.63) is 28.7 Å². The summed E-state index contributed by atoms with van der Waals surface area (Å²) in [7, 11) is 1.35. The zero-order chi connectivity index (χ0) is 14.3. The molecule has 2 heterocycles.